The molecule has 2 aromatic carbocycles. The van der Waals surface area contributed by atoms with Gasteiger partial charge in [-0.1, -0.05) is 12.1 Å². The lowest BCUT2D eigenvalue weighted by Crippen LogP contribution is -2.25. The van der Waals surface area contributed by atoms with E-state index in [0.717, 1.165) is 12.8 Å². The minimum absolute atomic E-state index is 0.00927. The quantitative estimate of drug-likeness (QED) is 0.442. The Morgan fingerprint density at radius 2 is 1.51 bits per heavy atom. The van der Waals surface area contributed by atoms with Crippen LogP contribution in [0, 0.1) is 23.4 Å². The van der Waals surface area contributed by atoms with Crippen molar-refractivity contribution >= 4 is 5.97 Å². The van der Waals surface area contributed by atoms with Gasteiger partial charge >= 0.3 is 5.97 Å². The first-order valence-electron chi connectivity index (χ1n) is 12.6. The van der Waals surface area contributed by atoms with E-state index in [2.05, 4.69) is 0 Å². The number of ether oxygens (including phenoxy) is 2. The topological polar surface area (TPSA) is 55.8 Å². The van der Waals surface area contributed by atoms with Crippen LogP contribution in [0.4, 0.5) is 13.2 Å². The lowest BCUT2D eigenvalue weighted by molar-refractivity contribution is 0.0188. The summed E-state index contributed by atoms with van der Waals surface area (Å²) in [7, 11) is 0. The van der Waals surface area contributed by atoms with Crippen molar-refractivity contribution in [3.63, 3.8) is 0 Å². The standard InChI is InChI=1S/C28H33F3O4/c1-2-34-21-11-12-22(25(29)15-21)18-7-9-20(10-8-18)35-28(33)24-14-13-23(26(30)27(24)31)19-5-3-17(16-32)4-6-19/h11-15,17-20,32H,2-10,16H2,1H3. The molecular formula is C28H33F3O4. The van der Waals surface area contributed by atoms with Crippen molar-refractivity contribution in [2.75, 3.05) is 13.2 Å². The number of esters is 1. The Hall–Kier alpha value is -2.54. The van der Waals surface area contributed by atoms with Crippen molar-refractivity contribution in [1.29, 1.82) is 0 Å². The first-order chi connectivity index (χ1) is 16.9. The van der Waals surface area contributed by atoms with Gasteiger partial charge in [-0.15, -0.1) is 0 Å². The highest BCUT2D eigenvalue weighted by Crippen LogP contribution is 2.39. The minimum atomic E-state index is -1.16. The number of hydrogen-bond donors (Lipinski definition) is 1. The van der Waals surface area contributed by atoms with Crippen LogP contribution in [0.3, 0.4) is 0 Å². The highest BCUT2D eigenvalue weighted by atomic mass is 19.2. The number of carbonyl (C=O) groups is 1. The van der Waals surface area contributed by atoms with E-state index in [0.29, 0.717) is 56.4 Å². The molecule has 2 aliphatic rings. The SMILES string of the molecule is CCOc1ccc(C2CCC(OC(=O)c3ccc(C4CCC(CO)CC4)c(F)c3F)CC2)c(F)c1. The Morgan fingerprint density at radius 1 is 0.886 bits per heavy atom. The molecular weight excluding hydrogens is 457 g/mol. The average Bonchev–Trinajstić information content (AvgIpc) is 2.87. The molecule has 0 amide bonds. The third-order valence-electron chi connectivity index (χ3n) is 7.55. The van der Waals surface area contributed by atoms with Crippen LogP contribution in [0.5, 0.6) is 5.75 Å². The number of rotatable bonds is 7. The molecule has 2 aromatic rings. The molecule has 2 aliphatic carbocycles. The lowest BCUT2D eigenvalue weighted by Gasteiger charge is -2.29. The van der Waals surface area contributed by atoms with Crippen molar-refractivity contribution in [2.45, 2.75) is 76.2 Å². The van der Waals surface area contributed by atoms with E-state index in [9.17, 15) is 23.1 Å². The fourth-order valence-corrected chi connectivity index (χ4v) is 5.50. The van der Waals surface area contributed by atoms with Crippen molar-refractivity contribution < 1.29 is 32.5 Å². The zero-order valence-corrected chi connectivity index (χ0v) is 20.1. The number of benzene rings is 2. The monoisotopic (exact) mass is 490 g/mol. The predicted molar refractivity (Wildman–Crippen MR) is 126 cm³/mol. The van der Waals surface area contributed by atoms with Gasteiger partial charge in [-0.2, -0.15) is 0 Å². The Bertz CT molecular complexity index is 1030. The van der Waals surface area contributed by atoms with Crippen LogP contribution in [0.25, 0.3) is 0 Å². The van der Waals surface area contributed by atoms with E-state index in [1.165, 1.54) is 18.2 Å². The molecule has 4 nitrogen and oxygen atoms in total. The van der Waals surface area contributed by atoms with E-state index in [1.54, 1.807) is 12.1 Å². The van der Waals surface area contributed by atoms with Crippen LogP contribution >= 0.6 is 0 Å². The molecule has 0 saturated heterocycles. The molecule has 0 radical (unpaired) electrons. The molecule has 0 heterocycles. The maximum Gasteiger partial charge on any atom is 0.341 e. The summed E-state index contributed by atoms with van der Waals surface area (Å²) in [5, 5.41) is 9.28. The second-order valence-electron chi connectivity index (χ2n) is 9.73. The van der Waals surface area contributed by atoms with Crippen molar-refractivity contribution in [1.82, 2.24) is 0 Å². The van der Waals surface area contributed by atoms with Crippen molar-refractivity contribution in [3.8, 4) is 5.75 Å². The van der Waals surface area contributed by atoms with Gasteiger partial charge in [-0.3, -0.25) is 0 Å². The Balaban J connectivity index is 1.34. The van der Waals surface area contributed by atoms with Gasteiger partial charge in [-0.25, -0.2) is 18.0 Å². The number of aliphatic hydroxyl groups excluding tert-OH is 1. The molecule has 0 spiro atoms. The van der Waals surface area contributed by atoms with Crippen LogP contribution < -0.4 is 4.74 Å². The molecule has 190 valence electrons. The van der Waals surface area contributed by atoms with Crippen LogP contribution in [0.2, 0.25) is 0 Å². The molecule has 0 aliphatic heterocycles. The Morgan fingerprint density at radius 3 is 2.14 bits per heavy atom. The summed E-state index contributed by atoms with van der Waals surface area (Å²) in [6, 6.07) is 7.70. The molecule has 35 heavy (non-hydrogen) atoms. The first-order valence-corrected chi connectivity index (χ1v) is 12.6. The van der Waals surface area contributed by atoms with Gasteiger partial charge in [0.2, 0.25) is 0 Å². The van der Waals surface area contributed by atoms with E-state index in [4.69, 9.17) is 9.47 Å². The summed E-state index contributed by atoms with van der Waals surface area (Å²) in [5.74, 6) is -2.72. The summed E-state index contributed by atoms with van der Waals surface area (Å²) in [5.41, 5.74) is 0.512. The van der Waals surface area contributed by atoms with Crippen LogP contribution in [-0.2, 0) is 4.74 Å². The lowest BCUT2D eigenvalue weighted by atomic mass is 9.78. The highest BCUT2D eigenvalue weighted by Gasteiger charge is 2.30. The third-order valence-corrected chi connectivity index (χ3v) is 7.55. The van der Waals surface area contributed by atoms with Gasteiger partial charge in [0, 0.05) is 12.7 Å². The second kappa shape index (κ2) is 11.5. The largest absolute Gasteiger partial charge is 0.494 e. The first kappa shape index (κ1) is 25.5. The minimum Gasteiger partial charge on any atom is -0.494 e. The summed E-state index contributed by atoms with van der Waals surface area (Å²) < 4.78 is 55.0. The number of hydrogen-bond acceptors (Lipinski definition) is 4. The maximum absolute atomic E-state index is 14.8. The van der Waals surface area contributed by atoms with Crippen molar-refractivity contribution in [2.24, 2.45) is 5.92 Å². The molecule has 2 fully saturated rings. The number of carbonyl (C=O) groups excluding carboxylic acids is 1. The summed E-state index contributed by atoms with van der Waals surface area (Å²) in [6.07, 6.45) is 4.82. The van der Waals surface area contributed by atoms with Crippen molar-refractivity contribution in [3.05, 3.63) is 64.5 Å². The summed E-state index contributed by atoms with van der Waals surface area (Å²) >= 11 is 0. The normalized spacial score (nSPS) is 24.7. The van der Waals surface area contributed by atoms with Crippen LogP contribution in [0.15, 0.2) is 30.3 Å². The van der Waals surface area contributed by atoms with Gasteiger partial charge in [0.25, 0.3) is 0 Å². The molecule has 4 rings (SSSR count). The zero-order valence-electron chi connectivity index (χ0n) is 20.1. The van der Waals surface area contributed by atoms with E-state index in [1.807, 2.05) is 6.92 Å². The average molecular weight is 491 g/mol. The fourth-order valence-electron chi connectivity index (χ4n) is 5.50. The third kappa shape index (κ3) is 5.83. The molecule has 1 N–H and O–H groups in total. The van der Waals surface area contributed by atoms with E-state index < -0.39 is 29.3 Å². The molecule has 0 atom stereocenters. The Kier molecular flexibility index (Phi) is 8.37. The van der Waals surface area contributed by atoms with E-state index in [-0.39, 0.29) is 35.7 Å². The van der Waals surface area contributed by atoms with Gasteiger partial charge < -0.3 is 14.6 Å². The summed E-state index contributed by atoms with van der Waals surface area (Å²) in [6.45, 7) is 2.42. The summed E-state index contributed by atoms with van der Waals surface area (Å²) in [4.78, 5) is 12.6. The molecule has 7 heteroatoms. The molecule has 2 saturated carbocycles. The van der Waals surface area contributed by atoms with Gasteiger partial charge in [0.05, 0.1) is 12.2 Å². The van der Waals surface area contributed by atoms with Crippen LogP contribution in [-0.4, -0.2) is 30.4 Å². The van der Waals surface area contributed by atoms with Gasteiger partial charge in [0.1, 0.15) is 17.7 Å². The number of aliphatic hydroxyl groups is 1. The van der Waals surface area contributed by atoms with E-state index >= 15 is 0 Å². The fraction of sp³-hybridized carbons (Fsp3) is 0.536. The van der Waals surface area contributed by atoms with Crippen LogP contribution in [0.1, 0.15) is 91.6 Å². The Labute approximate surface area is 204 Å². The van der Waals surface area contributed by atoms with Gasteiger partial charge in [0.15, 0.2) is 11.6 Å². The molecule has 0 bridgehead atoms. The van der Waals surface area contributed by atoms with Gasteiger partial charge in [-0.05, 0) is 99.3 Å². The second-order valence-corrected chi connectivity index (χ2v) is 9.73. The smallest absolute Gasteiger partial charge is 0.341 e. The maximum atomic E-state index is 14.8. The molecule has 0 unspecified atom stereocenters. The molecule has 0 aromatic heterocycles. The predicted octanol–water partition coefficient (Wildman–Crippen LogP) is 6.65. The number of halogens is 3. The highest BCUT2D eigenvalue weighted by molar-refractivity contribution is 5.90. The zero-order chi connectivity index (χ0) is 24.9.